The number of Topliss-reactive ketones (excluding diaryl/α,β-unsaturated/α-hetero) is 2. The monoisotopic (exact) mass is 262 g/mol. The Hall–Kier alpha value is -1.09. The SMILES string of the molecule is CCCCc1ccc2c(c1)C(=O)[C@@H](C(C)=O)CS2. The van der Waals surface area contributed by atoms with Crippen molar-refractivity contribution >= 4 is 23.3 Å². The van der Waals surface area contributed by atoms with Gasteiger partial charge in [-0.1, -0.05) is 19.4 Å². The molecule has 0 bridgehead atoms. The Morgan fingerprint density at radius 2 is 2.22 bits per heavy atom. The van der Waals surface area contributed by atoms with Crippen LogP contribution in [0.1, 0.15) is 42.6 Å². The first-order valence-corrected chi connectivity index (χ1v) is 7.42. The molecule has 0 aromatic heterocycles. The Kier molecular flexibility index (Phi) is 4.23. The summed E-state index contributed by atoms with van der Waals surface area (Å²) in [7, 11) is 0. The van der Waals surface area contributed by atoms with Gasteiger partial charge in [0.2, 0.25) is 0 Å². The second-order valence-electron chi connectivity index (χ2n) is 4.77. The zero-order valence-corrected chi connectivity index (χ0v) is 11.7. The van der Waals surface area contributed by atoms with Crippen LogP contribution in [-0.4, -0.2) is 17.3 Å². The summed E-state index contributed by atoms with van der Waals surface area (Å²) in [5.41, 5.74) is 1.95. The first kappa shape index (κ1) is 13.3. The van der Waals surface area contributed by atoms with Crippen LogP contribution in [0.15, 0.2) is 23.1 Å². The van der Waals surface area contributed by atoms with E-state index in [0.29, 0.717) is 5.75 Å². The minimum atomic E-state index is -0.441. The summed E-state index contributed by atoms with van der Waals surface area (Å²) >= 11 is 1.62. The van der Waals surface area contributed by atoms with E-state index >= 15 is 0 Å². The molecule has 3 heteroatoms. The summed E-state index contributed by atoms with van der Waals surface area (Å²) in [6.45, 7) is 3.67. The number of fused-ring (bicyclic) bond motifs is 1. The minimum Gasteiger partial charge on any atom is -0.299 e. The third-order valence-electron chi connectivity index (χ3n) is 3.34. The van der Waals surface area contributed by atoms with Gasteiger partial charge in [-0.3, -0.25) is 9.59 Å². The Bertz CT molecular complexity index is 479. The van der Waals surface area contributed by atoms with E-state index < -0.39 is 5.92 Å². The van der Waals surface area contributed by atoms with E-state index in [4.69, 9.17) is 0 Å². The van der Waals surface area contributed by atoms with Crippen molar-refractivity contribution in [3.8, 4) is 0 Å². The van der Waals surface area contributed by atoms with Crippen LogP contribution in [0.2, 0.25) is 0 Å². The zero-order valence-electron chi connectivity index (χ0n) is 10.9. The molecule has 1 aliphatic heterocycles. The van der Waals surface area contributed by atoms with Gasteiger partial charge < -0.3 is 0 Å². The molecule has 1 aliphatic rings. The lowest BCUT2D eigenvalue weighted by Gasteiger charge is -2.21. The predicted molar refractivity (Wildman–Crippen MR) is 74.3 cm³/mol. The number of rotatable bonds is 4. The van der Waals surface area contributed by atoms with Crippen molar-refractivity contribution in [2.75, 3.05) is 5.75 Å². The lowest BCUT2D eigenvalue weighted by molar-refractivity contribution is -0.118. The Labute approximate surface area is 112 Å². The van der Waals surface area contributed by atoms with E-state index in [2.05, 4.69) is 13.0 Å². The number of benzene rings is 1. The molecule has 1 heterocycles. The summed E-state index contributed by atoms with van der Waals surface area (Å²) in [5, 5.41) is 0. The molecule has 1 aromatic rings. The van der Waals surface area contributed by atoms with Gasteiger partial charge in [0.1, 0.15) is 5.78 Å². The highest BCUT2D eigenvalue weighted by Gasteiger charge is 2.31. The standard InChI is InChI=1S/C15H18O2S/c1-3-4-5-11-6-7-14-12(8-11)15(17)13(9-18-14)10(2)16/h6-8,13H,3-5,9H2,1-2H3/t13-/m1/s1. The molecular formula is C15H18O2S. The van der Waals surface area contributed by atoms with E-state index in [-0.39, 0.29) is 11.6 Å². The Morgan fingerprint density at radius 3 is 2.89 bits per heavy atom. The lowest BCUT2D eigenvalue weighted by atomic mass is 9.93. The zero-order chi connectivity index (χ0) is 13.1. The molecule has 0 radical (unpaired) electrons. The molecule has 0 saturated carbocycles. The van der Waals surface area contributed by atoms with Crippen molar-refractivity contribution in [1.82, 2.24) is 0 Å². The molecule has 1 atom stereocenters. The van der Waals surface area contributed by atoms with Crippen molar-refractivity contribution in [3.05, 3.63) is 29.3 Å². The fraction of sp³-hybridized carbons (Fsp3) is 0.467. The molecule has 18 heavy (non-hydrogen) atoms. The number of carbonyl (C=O) groups excluding carboxylic acids is 2. The summed E-state index contributed by atoms with van der Waals surface area (Å²) in [6.07, 6.45) is 3.29. The van der Waals surface area contributed by atoms with E-state index in [9.17, 15) is 9.59 Å². The van der Waals surface area contributed by atoms with Gasteiger partial charge in [0.25, 0.3) is 0 Å². The van der Waals surface area contributed by atoms with Crippen LogP contribution in [0.3, 0.4) is 0 Å². The molecule has 0 aliphatic carbocycles. The molecule has 0 amide bonds. The fourth-order valence-corrected chi connectivity index (χ4v) is 3.38. The third-order valence-corrected chi connectivity index (χ3v) is 4.51. The largest absolute Gasteiger partial charge is 0.299 e. The highest BCUT2D eigenvalue weighted by molar-refractivity contribution is 7.99. The van der Waals surface area contributed by atoms with Crippen molar-refractivity contribution in [2.24, 2.45) is 5.92 Å². The molecule has 96 valence electrons. The molecule has 0 spiro atoms. The van der Waals surface area contributed by atoms with Gasteiger partial charge in [-0.25, -0.2) is 0 Å². The van der Waals surface area contributed by atoms with Crippen LogP contribution >= 0.6 is 11.8 Å². The van der Waals surface area contributed by atoms with Gasteiger partial charge in [0.15, 0.2) is 5.78 Å². The lowest BCUT2D eigenvalue weighted by Crippen LogP contribution is -2.28. The van der Waals surface area contributed by atoms with Crippen molar-refractivity contribution in [1.29, 1.82) is 0 Å². The Morgan fingerprint density at radius 1 is 1.44 bits per heavy atom. The molecule has 1 aromatic carbocycles. The molecule has 2 rings (SSSR count). The normalized spacial score (nSPS) is 18.6. The average Bonchev–Trinajstić information content (AvgIpc) is 2.36. The van der Waals surface area contributed by atoms with Gasteiger partial charge in [-0.05, 0) is 37.5 Å². The summed E-state index contributed by atoms with van der Waals surface area (Å²) in [5.74, 6) is 0.144. The molecule has 0 N–H and O–H groups in total. The van der Waals surface area contributed by atoms with E-state index in [0.717, 1.165) is 29.7 Å². The minimum absolute atomic E-state index is 0.00889. The molecule has 2 nitrogen and oxygen atoms in total. The first-order valence-electron chi connectivity index (χ1n) is 6.44. The van der Waals surface area contributed by atoms with Gasteiger partial charge in [0.05, 0.1) is 5.92 Å². The van der Waals surface area contributed by atoms with Gasteiger partial charge >= 0.3 is 0 Å². The summed E-state index contributed by atoms with van der Waals surface area (Å²) in [4.78, 5) is 24.7. The Balaban J connectivity index is 2.27. The van der Waals surface area contributed by atoms with Crippen LogP contribution < -0.4 is 0 Å². The molecule has 0 fully saturated rings. The van der Waals surface area contributed by atoms with Gasteiger partial charge in [-0.2, -0.15) is 0 Å². The predicted octanol–water partition coefficient (Wildman–Crippen LogP) is 3.52. The van der Waals surface area contributed by atoms with Crippen LogP contribution in [-0.2, 0) is 11.2 Å². The third kappa shape index (κ3) is 2.66. The van der Waals surface area contributed by atoms with E-state index in [1.54, 1.807) is 11.8 Å². The number of hydrogen-bond donors (Lipinski definition) is 0. The maximum Gasteiger partial charge on any atom is 0.175 e. The van der Waals surface area contributed by atoms with Crippen molar-refractivity contribution in [2.45, 2.75) is 38.0 Å². The average molecular weight is 262 g/mol. The maximum atomic E-state index is 12.3. The summed E-state index contributed by atoms with van der Waals surface area (Å²) < 4.78 is 0. The first-order chi connectivity index (χ1) is 8.63. The summed E-state index contributed by atoms with van der Waals surface area (Å²) in [6, 6.07) is 6.11. The van der Waals surface area contributed by atoms with Crippen LogP contribution in [0.5, 0.6) is 0 Å². The van der Waals surface area contributed by atoms with Crippen molar-refractivity contribution in [3.63, 3.8) is 0 Å². The van der Waals surface area contributed by atoms with Crippen LogP contribution in [0.25, 0.3) is 0 Å². The molecule has 0 saturated heterocycles. The topological polar surface area (TPSA) is 34.1 Å². The number of hydrogen-bond acceptors (Lipinski definition) is 3. The second-order valence-corrected chi connectivity index (χ2v) is 5.83. The number of unbranched alkanes of at least 4 members (excludes halogenated alkanes) is 1. The van der Waals surface area contributed by atoms with Crippen LogP contribution in [0, 0.1) is 5.92 Å². The number of ketones is 2. The quantitative estimate of drug-likeness (QED) is 0.779. The van der Waals surface area contributed by atoms with Crippen molar-refractivity contribution < 1.29 is 9.59 Å². The van der Waals surface area contributed by atoms with E-state index in [1.165, 1.54) is 12.5 Å². The molecule has 0 unspecified atom stereocenters. The van der Waals surface area contributed by atoms with Crippen LogP contribution in [0.4, 0.5) is 0 Å². The number of carbonyl (C=O) groups is 2. The molecular weight excluding hydrogens is 244 g/mol. The highest BCUT2D eigenvalue weighted by atomic mass is 32.2. The second kappa shape index (κ2) is 5.70. The fourth-order valence-electron chi connectivity index (χ4n) is 2.17. The maximum absolute atomic E-state index is 12.3. The highest BCUT2D eigenvalue weighted by Crippen LogP contribution is 2.34. The van der Waals surface area contributed by atoms with Gasteiger partial charge in [0, 0.05) is 16.2 Å². The number of thioether (sulfide) groups is 1. The smallest absolute Gasteiger partial charge is 0.175 e. The van der Waals surface area contributed by atoms with Gasteiger partial charge in [-0.15, -0.1) is 11.8 Å². The van der Waals surface area contributed by atoms with E-state index in [1.807, 2.05) is 12.1 Å². The number of aryl methyl sites for hydroxylation is 1.